The van der Waals surface area contributed by atoms with Crippen molar-refractivity contribution in [3.63, 3.8) is 0 Å². The van der Waals surface area contributed by atoms with E-state index in [1.165, 1.54) is 32.4 Å². The molecule has 17 heavy (non-hydrogen) atoms. The first-order valence-corrected chi connectivity index (χ1v) is 6.72. The van der Waals surface area contributed by atoms with E-state index in [1.54, 1.807) is 0 Å². The van der Waals surface area contributed by atoms with E-state index in [1.807, 2.05) is 7.05 Å². The van der Waals surface area contributed by atoms with Gasteiger partial charge in [-0.1, -0.05) is 6.92 Å². The van der Waals surface area contributed by atoms with Crippen molar-refractivity contribution in [3.8, 4) is 0 Å². The maximum Gasteiger partial charge on any atom is 0.118 e. The Morgan fingerprint density at radius 2 is 2.12 bits per heavy atom. The molecule has 1 aromatic rings. The Morgan fingerprint density at radius 1 is 1.29 bits per heavy atom. The van der Waals surface area contributed by atoms with Gasteiger partial charge in [0.2, 0.25) is 0 Å². The van der Waals surface area contributed by atoms with Crippen LogP contribution in [0.3, 0.4) is 0 Å². The minimum absolute atomic E-state index is 0.817. The average molecular weight is 236 g/mol. The largest absolute Gasteiger partial charge is 0.463 e. The molecule has 0 aliphatic carbocycles. The van der Waals surface area contributed by atoms with E-state index in [4.69, 9.17) is 4.42 Å². The molecule has 0 spiro atoms. The highest BCUT2D eigenvalue weighted by atomic mass is 16.3. The van der Waals surface area contributed by atoms with Gasteiger partial charge in [0.1, 0.15) is 11.5 Å². The molecule has 1 aliphatic heterocycles. The molecular formula is C14H24N2O. The standard InChI is InChI=1S/C14H24N2O/c1-12-4-3-8-16(9-7-12)11-14-6-5-13(17-14)10-15-2/h5-6,12,15H,3-4,7-11H2,1-2H3. The van der Waals surface area contributed by atoms with Crippen molar-refractivity contribution in [1.82, 2.24) is 10.2 Å². The molecule has 2 rings (SSSR count). The number of rotatable bonds is 4. The number of furan rings is 1. The molecule has 1 N–H and O–H groups in total. The molecule has 0 amide bonds. The molecule has 1 fully saturated rings. The molecule has 96 valence electrons. The highest BCUT2D eigenvalue weighted by Gasteiger charge is 2.15. The Balaban J connectivity index is 1.86. The molecule has 1 atom stereocenters. The maximum atomic E-state index is 5.79. The molecule has 0 saturated carbocycles. The van der Waals surface area contributed by atoms with Crippen molar-refractivity contribution in [3.05, 3.63) is 23.7 Å². The normalized spacial score (nSPS) is 22.6. The Bertz CT molecular complexity index is 335. The van der Waals surface area contributed by atoms with Gasteiger partial charge < -0.3 is 9.73 Å². The lowest BCUT2D eigenvalue weighted by Crippen LogP contribution is -2.23. The second-order valence-corrected chi connectivity index (χ2v) is 5.21. The van der Waals surface area contributed by atoms with E-state index < -0.39 is 0 Å². The number of hydrogen-bond acceptors (Lipinski definition) is 3. The smallest absolute Gasteiger partial charge is 0.118 e. The average Bonchev–Trinajstić information content (AvgIpc) is 2.63. The third kappa shape index (κ3) is 3.86. The Morgan fingerprint density at radius 3 is 2.94 bits per heavy atom. The lowest BCUT2D eigenvalue weighted by molar-refractivity contribution is 0.247. The van der Waals surface area contributed by atoms with E-state index in [2.05, 4.69) is 29.3 Å². The number of likely N-dealkylation sites (tertiary alicyclic amines) is 1. The van der Waals surface area contributed by atoms with E-state index in [0.29, 0.717) is 0 Å². The van der Waals surface area contributed by atoms with Gasteiger partial charge in [-0.3, -0.25) is 4.90 Å². The molecule has 3 heteroatoms. The van der Waals surface area contributed by atoms with Crippen molar-refractivity contribution in [2.75, 3.05) is 20.1 Å². The molecule has 2 heterocycles. The van der Waals surface area contributed by atoms with Crippen LogP contribution in [0.4, 0.5) is 0 Å². The molecule has 0 bridgehead atoms. The van der Waals surface area contributed by atoms with Crippen molar-refractivity contribution in [2.45, 2.75) is 39.3 Å². The Kier molecular flexibility index (Phi) is 4.63. The summed E-state index contributed by atoms with van der Waals surface area (Å²) in [5.74, 6) is 3.02. The maximum absolute atomic E-state index is 5.79. The summed E-state index contributed by atoms with van der Waals surface area (Å²) in [7, 11) is 1.94. The number of nitrogens with zero attached hydrogens (tertiary/aromatic N) is 1. The highest BCUT2D eigenvalue weighted by molar-refractivity contribution is 5.07. The van der Waals surface area contributed by atoms with Gasteiger partial charge in [0.15, 0.2) is 0 Å². The Hall–Kier alpha value is -0.800. The highest BCUT2D eigenvalue weighted by Crippen LogP contribution is 2.19. The minimum Gasteiger partial charge on any atom is -0.463 e. The van der Waals surface area contributed by atoms with Crippen LogP contribution >= 0.6 is 0 Å². The summed E-state index contributed by atoms with van der Waals surface area (Å²) in [5, 5.41) is 3.11. The first-order chi connectivity index (χ1) is 8.28. The molecule has 0 radical (unpaired) electrons. The zero-order valence-electron chi connectivity index (χ0n) is 11.0. The van der Waals surface area contributed by atoms with Crippen LogP contribution in [-0.4, -0.2) is 25.0 Å². The lowest BCUT2D eigenvalue weighted by Gasteiger charge is -2.18. The topological polar surface area (TPSA) is 28.4 Å². The van der Waals surface area contributed by atoms with Crippen LogP contribution in [0.15, 0.2) is 16.5 Å². The molecule has 1 saturated heterocycles. The lowest BCUT2D eigenvalue weighted by atomic mass is 10.0. The SMILES string of the molecule is CNCc1ccc(CN2CCCC(C)CC2)o1. The van der Waals surface area contributed by atoms with Gasteiger partial charge in [0, 0.05) is 0 Å². The second kappa shape index (κ2) is 6.22. The van der Waals surface area contributed by atoms with Crippen molar-refractivity contribution < 1.29 is 4.42 Å². The molecule has 1 aromatic heterocycles. The fourth-order valence-corrected chi connectivity index (χ4v) is 2.48. The third-order valence-electron chi connectivity index (χ3n) is 3.56. The predicted molar refractivity (Wildman–Crippen MR) is 69.8 cm³/mol. The summed E-state index contributed by atoms with van der Waals surface area (Å²) >= 11 is 0. The fourth-order valence-electron chi connectivity index (χ4n) is 2.48. The van der Waals surface area contributed by atoms with Crippen molar-refractivity contribution >= 4 is 0 Å². The summed E-state index contributed by atoms with van der Waals surface area (Å²) in [6, 6.07) is 4.19. The molecule has 1 unspecified atom stereocenters. The van der Waals surface area contributed by atoms with Gasteiger partial charge in [-0.25, -0.2) is 0 Å². The second-order valence-electron chi connectivity index (χ2n) is 5.21. The zero-order chi connectivity index (χ0) is 12.1. The fraction of sp³-hybridized carbons (Fsp3) is 0.714. The summed E-state index contributed by atoms with van der Waals surface area (Å²) in [6.07, 6.45) is 4.02. The molecule has 3 nitrogen and oxygen atoms in total. The minimum atomic E-state index is 0.817. The van der Waals surface area contributed by atoms with E-state index >= 15 is 0 Å². The van der Waals surface area contributed by atoms with Crippen LogP contribution in [0.5, 0.6) is 0 Å². The van der Waals surface area contributed by atoms with Gasteiger partial charge in [0.05, 0.1) is 13.1 Å². The van der Waals surface area contributed by atoms with Crippen LogP contribution < -0.4 is 5.32 Å². The van der Waals surface area contributed by atoms with Gasteiger partial charge in [-0.2, -0.15) is 0 Å². The van der Waals surface area contributed by atoms with Crippen LogP contribution in [0, 0.1) is 5.92 Å². The van der Waals surface area contributed by atoms with Crippen molar-refractivity contribution in [1.29, 1.82) is 0 Å². The summed E-state index contributed by atoms with van der Waals surface area (Å²) in [5.41, 5.74) is 0. The number of hydrogen-bond donors (Lipinski definition) is 1. The van der Waals surface area contributed by atoms with Gasteiger partial charge >= 0.3 is 0 Å². The monoisotopic (exact) mass is 236 g/mol. The first-order valence-electron chi connectivity index (χ1n) is 6.72. The van der Waals surface area contributed by atoms with Gasteiger partial charge in [-0.15, -0.1) is 0 Å². The number of nitrogens with one attached hydrogen (secondary N) is 1. The quantitative estimate of drug-likeness (QED) is 0.871. The van der Waals surface area contributed by atoms with Crippen LogP contribution in [0.1, 0.15) is 37.7 Å². The van der Waals surface area contributed by atoms with Gasteiger partial charge in [-0.05, 0) is 57.5 Å². The zero-order valence-corrected chi connectivity index (χ0v) is 11.0. The van der Waals surface area contributed by atoms with Crippen LogP contribution in [0.2, 0.25) is 0 Å². The Labute approximate surface area is 104 Å². The molecular weight excluding hydrogens is 212 g/mol. The van der Waals surface area contributed by atoms with Gasteiger partial charge in [0.25, 0.3) is 0 Å². The van der Waals surface area contributed by atoms with Crippen molar-refractivity contribution in [2.24, 2.45) is 5.92 Å². The summed E-state index contributed by atoms with van der Waals surface area (Å²) in [4.78, 5) is 2.52. The van der Waals surface area contributed by atoms with E-state index in [-0.39, 0.29) is 0 Å². The molecule has 0 aromatic carbocycles. The molecule has 1 aliphatic rings. The summed E-state index contributed by atoms with van der Waals surface area (Å²) in [6.45, 7) is 6.57. The van der Waals surface area contributed by atoms with Crippen LogP contribution in [-0.2, 0) is 13.1 Å². The summed E-state index contributed by atoms with van der Waals surface area (Å²) < 4.78 is 5.79. The third-order valence-corrected chi connectivity index (χ3v) is 3.56. The van der Waals surface area contributed by atoms with E-state index in [0.717, 1.165) is 30.5 Å². The van der Waals surface area contributed by atoms with Crippen LogP contribution in [0.25, 0.3) is 0 Å². The first kappa shape index (κ1) is 12.7. The van der Waals surface area contributed by atoms with E-state index in [9.17, 15) is 0 Å². The predicted octanol–water partition coefficient (Wildman–Crippen LogP) is 2.62.